The van der Waals surface area contributed by atoms with Gasteiger partial charge in [0.1, 0.15) is 17.5 Å². The van der Waals surface area contributed by atoms with Crippen LogP contribution in [-0.4, -0.2) is 17.1 Å². The first kappa shape index (κ1) is 22.7. The molecule has 24 heavy (non-hydrogen) atoms. The minimum absolute atomic E-state index is 0. The molecule has 1 atom stereocenters. The molecular formula is C15H11I3NNaO4. The summed E-state index contributed by atoms with van der Waals surface area (Å²) in [5.41, 5.74) is 6.46. The molecule has 0 fully saturated rings. The number of benzene rings is 2. The van der Waals surface area contributed by atoms with Crippen LogP contribution in [0.2, 0.25) is 0 Å². The molecule has 0 spiro atoms. The summed E-state index contributed by atoms with van der Waals surface area (Å²) in [6, 6.07) is 7.44. The van der Waals surface area contributed by atoms with Crippen molar-refractivity contribution in [3.8, 4) is 17.2 Å². The van der Waals surface area contributed by atoms with E-state index in [-0.39, 0.29) is 41.7 Å². The van der Waals surface area contributed by atoms with Gasteiger partial charge in [-0.2, -0.15) is 0 Å². The van der Waals surface area contributed by atoms with Crippen molar-refractivity contribution in [3.05, 3.63) is 46.6 Å². The van der Waals surface area contributed by atoms with E-state index in [9.17, 15) is 9.90 Å². The third-order valence-electron chi connectivity index (χ3n) is 3.02. The monoisotopic (exact) mass is 673 g/mol. The molecule has 5 nitrogen and oxygen atoms in total. The molecule has 0 aliphatic carbocycles. The molecule has 0 aliphatic heterocycles. The molecule has 122 valence electrons. The van der Waals surface area contributed by atoms with Crippen LogP contribution in [-0.2, 0) is 11.2 Å². The first-order valence-corrected chi connectivity index (χ1v) is 9.63. The minimum atomic E-state index is -1.02. The topological polar surface area (TPSA) is 95.6 Å². The van der Waals surface area contributed by atoms with Gasteiger partial charge in [0.15, 0.2) is 0 Å². The molecule has 0 radical (unpaired) electrons. The second-order valence-electron chi connectivity index (χ2n) is 4.69. The van der Waals surface area contributed by atoms with E-state index in [0.717, 1.165) is 12.7 Å². The summed E-state index contributed by atoms with van der Waals surface area (Å²) in [5.74, 6) is 0.165. The second-order valence-corrected chi connectivity index (χ2v) is 8.01. The molecule has 2 aromatic rings. The SMILES string of the molecule is N[C@H](Cc1ccc(Oc2ccc([O-])c(I)c2)c(I)c1I)C(=O)O.[Na+]. The van der Waals surface area contributed by atoms with Gasteiger partial charge < -0.3 is 20.7 Å². The quantitative estimate of drug-likeness (QED) is 0.353. The van der Waals surface area contributed by atoms with Gasteiger partial charge in [0.25, 0.3) is 0 Å². The number of carboxylic acid groups (broad SMARTS) is 1. The third kappa shape index (κ3) is 5.84. The van der Waals surface area contributed by atoms with E-state index in [1.165, 1.54) is 6.07 Å². The molecular weight excluding hydrogens is 662 g/mol. The van der Waals surface area contributed by atoms with Crippen LogP contribution in [0, 0.1) is 10.7 Å². The Labute approximate surface area is 202 Å². The number of nitrogens with two attached hydrogens (primary N) is 1. The standard InChI is InChI=1S/C15H12I3NO4.Na/c16-9-6-8(2-3-11(9)20)23-12-4-1-7(13(17)14(12)18)5-10(19)15(21)22;/h1-4,6,10,20H,5,19H2,(H,21,22);/q;+1/p-1/t10-;/m1./s1. The predicted octanol–water partition coefficient (Wildman–Crippen LogP) is 0.325. The van der Waals surface area contributed by atoms with Gasteiger partial charge in [0.05, 0.1) is 3.57 Å². The Hall–Kier alpha value is 0.660. The molecule has 9 heteroatoms. The van der Waals surface area contributed by atoms with Crippen molar-refractivity contribution in [2.24, 2.45) is 5.73 Å². The van der Waals surface area contributed by atoms with Gasteiger partial charge in [-0.25, -0.2) is 0 Å². The first-order valence-electron chi connectivity index (χ1n) is 6.39. The van der Waals surface area contributed by atoms with E-state index in [4.69, 9.17) is 15.6 Å². The molecule has 3 N–H and O–H groups in total. The van der Waals surface area contributed by atoms with Crippen molar-refractivity contribution in [1.82, 2.24) is 0 Å². The maximum absolute atomic E-state index is 11.4. The van der Waals surface area contributed by atoms with Gasteiger partial charge in [-0.3, -0.25) is 4.79 Å². The molecule has 2 aromatic carbocycles. The number of aliphatic carboxylic acids is 1. The molecule has 0 saturated heterocycles. The van der Waals surface area contributed by atoms with Crippen molar-refractivity contribution in [2.75, 3.05) is 0 Å². The maximum Gasteiger partial charge on any atom is 1.00 e. The van der Waals surface area contributed by atoms with E-state index in [0.29, 0.717) is 15.1 Å². The van der Waals surface area contributed by atoms with Crippen molar-refractivity contribution < 1.29 is 49.3 Å². The molecule has 0 saturated carbocycles. The normalized spacial score (nSPS) is 11.5. The smallest absolute Gasteiger partial charge is 0.872 e. The second kappa shape index (κ2) is 10.1. The molecule has 0 aliphatic rings. The summed E-state index contributed by atoms with van der Waals surface area (Å²) >= 11 is 6.27. The van der Waals surface area contributed by atoms with Crippen LogP contribution < -0.4 is 45.1 Å². The number of hydrogen-bond acceptors (Lipinski definition) is 4. The van der Waals surface area contributed by atoms with Crippen LogP contribution in [0.5, 0.6) is 17.2 Å². The Morgan fingerprint density at radius 3 is 2.46 bits per heavy atom. The Morgan fingerprint density at radius 2 is 1.88 bits per heavy atom. The fourth-order valence-electron chi connectivity index (χ4n) is 1.80. The summed E-state index contributed by atoms with van der Waals surface area (Å²) in [7, 11) is 0. The number of carbonyl (C=O) groups is 1. The van der Waals surface area contributed by atoms with Gasteiger partial charge in [0, 0.05) is 7.14 Å². The molecule has 0 heterocycles. The predicted molar refractivity (Wildman–Crippen MR) is 110 cm³/mol. The van der Waals surface area contributed by atoms with E-state index >= 15 is 0 Å². The van der Waals surface area contributed by atoms with Crippen LogP contribution >= 0.6 is 67.8 Å². The van der Waals surface area contributed by atoms with E-state index in [1.54, 1.807) is 18.2 Å². The summed E-state index contributed by atoms with van der Waals surface area (Å²) in [6.07, 6.45) is 0.257. The molecule has 0 unspecified atom stereocenters. The van der Waals surface area contributed by atoms with Crippen LogP contribution in [0.1, 0.15) is 5.56 Å². The summed E-state index contributed by atoms with van der Waals surface area (Å²) in [4.78, 5) is 10.9. The van der Waals surface area contributed by atoms with Crippen molar-refractivity contribution in [1.29, 1.82) is 0 Å². The fraction of sp³-hybridized carbons (Fsp3) is 0.133. The van der Waals surface area contributed by atoms with Crippen LogP contribution in [0.4, 0.5) is 0 Å². The van der Waals surface area contributed by atoms with Crippen molar-refractivity contribution in [2.45, 2.75) is 12.5 Å². The average molecular weight is 673 g/mol. The molecule has 0 bridgehead atoms. The van der Waals surface area contributed by atoms with E-state index in [1.807, 2.05) is 28.7 Å². The van der Waals surface area contributed by atoms with Gasteiger partial charge >= 0.3 is 35.5 Å². The van der Waals surface area contributed by atoms with Crippen LogP contribution in [0.15, 0.2) is 30.3 Å². The fourth-order valence-corrected chi connectivity index (χ4v) is 3.59. The summed E-state index contributed by atoms with van der Waals surface area (Å²) in [6.45, 7) is 0. The van der Waals surface area contributed by atoms with Crippen LogP contribution in [0.25, 0.3) is 0 Å². The number of carboxylic acids is 1. The van der Waals surface area contributed by atoms with Crippen molar-refractivity contribution >= 4 is 73.7 Å². The number of halogens is 3. The maximum atomic E-state index is 11.4. The number of ether oxygens (including phenoxy) is 1. The number of hydrogen-bond donors (Lipinski definition) is 2. The zero-order valence-corrected chi connectivity index (χ0v) is 21.0. The largest absolute Gasteiger partial charge is 1.00 e. The Balaban J connectivity index is 0.00000288. The Morgan fingerprint density at radius 1 is 1.21 bits per heavy atom. The third-order valence-corrected chi connectivity index (χ3v) is 7.19. The van der Waals surface area contributed by atoms with E-state index in [2.05, 4.69) is 45.2 Å². The summed E-state index contributed by atoms with van der Waals surface area (Å²) < 4.78 is 8.21. The van der Waals surface area contributed by atoms with Crippen LogP contribution in [0.3, 0.4) is 0 Å². The van der Waals surface area contributed by atoms with Gasteiger partial charge in [-0.1, -0.05) is 17.9 Å². The van der Waals surface area contributed by atoms with Gasteiger partial charge in [-0.05, 0) is 98.0 Å². The molecule has 0 amide bonds. The van der Waals surface area contributed by atoms with Gasteiger partial charge in [-0.15, -0.1) is 0 Å². The zero-order chi connectivity index (χ0) is 17.1. The Kier molecular flexibility index (Phi) is 9.57. The number of rotatable bonds is 5. The molecule has 0 aromatic heterocycles. The average Bonchev–Trinajstić information content (AvgIpc) is 2.50. The van der Waals surface area contributed by atoms with Crippen molar-refractivity contribution in [3.63, 3.8) is 0 Å². The zero-order valence-electron chi connectivity index (χ0n) is 12.6. The summed E-state index contributed by atoms with van der Waals surface area (Å²) in [5, 5.41) is 20.3. The first-order chi connectivity index (χ1) is 10.8. The van der Waals surface area contributed by atoms with E-state index < -0.39 is 12.0 Å². The Bertz CT molecular complexity index is 758. The van der Waals surface area contributed by atoms with Gasteiger partial charge in [0.2, 0.25) is 0 Å². The minimum Gasteiger partial charge on any atom is -0.872 e. The molecule has 2 rings (SSSR count).